The van der Waals surface area contributed by atoms with Gasteiger partial charge in [-0.3, -0.25) is 8.98 Å². The van der Waals surface area contributed by atoms with Gasteiger partial charge in [0.15, 0.2) is 11.1 Å². The quantitative estimate of drug-likeness (QED) is 0.430. The van der Waals surface area contributed by atoms with Gasteiger partial charge in [-0.1, -0.05) is 50.3 Å². The first-order valence-electron chi connectivity index (χ1n) is 7.91. The zero-order valence-corrected chi connectivity index (χ0v) is 14.1. The third-order valence-corrected chi connectivity index (χ3v) is 4.42. The van der Waals surface area contributed by atoms with Crippen LogP contribution in [0.4, 0.5) is 0 Å². The van der Waals surface area contributed by atoms with Gasteiger partial charge < -0.3 is 4.74 Å². The standard InChI is InChI=1S/C17H26O4S/c1-20-17(18)14-10-5-3-2-4-6-11-15-21-22(19)16-12-8-7-9-13-16/h7-9,12-13H,2-6,10-11,14-15H2,1H3. The Morgan fingerprint density at radius 2 is 1.55 bits per heavy atom. The lowest BCUT2D eigenvalue weighted by molar-refractivity contribution is -0.140. The summed E-state index contributed by atoms with van der Waals surface area (Å²) in [6.07, 6.45) is 7.99. The molecule has 0 saturated carbocycles. The topological polar surface area (TPSA) is 52.6 Å². The van der Waals surface area contributed by atoms with Crippen molar-refractivity contribution < 1.29 is 17.9 Å². The third-order valence-electron chi connectivity index (χ3n) is 3.38. The minimum absolute atomic E-state index is 0.122. The summed E-state index contributed by atoms with van der Waals surface area (Å²) in [6, 6.07) is 9.23. The Morgan fingerprint density at radius 3 is 2.18 bits per heavy atom. The Kier molecular flexibility index (Phi) is 10.6. The van der Waals surface area contributed by atoms with Gasteiger partial charge in [0.1, 0.15) is 0 Å². The lowest BCUT2D eigenvalue weighted by Gasteiger charge is -2.04. The average molecular weight is 326 g/mol. The Hall–Kier alpha value is -1.20. The molecule has 0 aromatic heterocycles. The van der Waals surface area contributed by atoms with Crippen LogP contribution in [0, 0.1) is 0 Å². The number of methoxy groups -OCH3 is 1. The molecule has 0 radical (unpaired) electrons. The molecule has 5 heteroatoms. The van der Waals surface area contributed by atoms with Crippen molar-refractivity contribution in [3.8, 4) is 0 Å². The van der Waals surface area contributed by atoms with Crippen LogP contribution in [-0.4, -0.2) is 23.9 Å². The second-order valence-electron chi connectivity index (χ2n) is 5.17. The van der Waals surface area contributed by atoms with E-state index in [9.17, 15) is 9.00 Å². The molecule has 0 aliphatic heterocycles. The van der Waals surface area contributed by atoms with E-state index in [1.807, 2.05) is 30.3 Å². The Labute approximate surface area is 135 Å². The molecular formula is C17H26O4S. The molecule has 0 saturated heterocycles. The van der Waals surface area contributed by atoms with E-state index < -0.39 is 11.1 Å². The molecule has 0 heterocycles. The van der Waals surface area contributed by atoms with Crippen molar-refractivity contribution in [3.63, 3.8) is 0 Å². The van der Waals surface area contributed by atoms with Crippen LogP contribution in [0.3, 0.4) is 0 Å². The molecule has 1 aromatic carbocycles. The van der Waals surface area contributed by atoms with Crippen molar-refractivity contribution >= 4 is 17.0 Å². The highest BCUT2D eigenvalue weighted by molar-refractivity contribution is 7.80. The van der Waals surface area contributed by atoms with Gasteiger partial charge in [0.25, 0.3) is 0 Å². The highest BCUT2D eigenvalue weighted by Gasteiger charge is 2.03. The SMILES string of the molecule is COC(=O)CCCCCCCCCOS(=O)c1ccccc1. The van der Waals surface area contributed by atoms with Crippen LogP contribution < -0.4 is 0 Å². The fraction of sp³-hybridized carbons (Fsp3) is 0.588. The number of unbranched alkanes of at least 4 members (excludes halogenated alkanes) is 6. The monoisotopic (exact) mass is 326 g/mol. The molecule has 0 spiro atoms. The van der Waals surface area contributed by atoms with Crippen molar-refractivity contribution in [2.24, 2.45) is 0 Å². The van der Waals surface area contributed by atoms with Crippen molar-refractivity contribution in [3.05, 3.63) is 30.3 Å². The third kappa shape index (κ3) is 8.95. The summed E-state index contributed by atoms with van der Waals surface area (Å²) in [6.45, 7) is 0.532. The van der Waals surface area contributed by atoms with E-state index >= 15 is 0 Å². The number of carbonyl (C=O) groups is 1. The maximum atomic E-state index is 11.8. The molecular weight excluding hydrogens is 300 g/mol. The van der Waals surface area contributed by atoms with E-state index in [-0.39, 0.29) is 5.97 Å². The molecule has 0 N–H and O–H groups in total. The molecule has 4 nitrogen and oxygen atoms in total. The first kappa shape index (κ1) is 18.8. The summed E-state index contributed by atoms with van der Waals surface area (Å²) >= 11 is -1.34. The molecule has 0 bridgehead atoms. The van der Waals surface area contributed by atoms with Crippen LogP contribution in [0.1, 0.15) is 51.4 Å². The van der Waals surface area contributed by atoms with Gasteiger partial charge in [-0.15, -0.1) is 0 Å². The van der Waals surface area contributed by atoms with E-state index in [0.717, 1.165) is 38.5 Å². The molecule has 0 fully saturated rings. The van der Waals surface area contributed by atoms with Crippen LogP contribution in [0.5, 0.6) is 0 Å². The highest BCUT2D eigenvalue weighted by Crippen LogP contribution is 2.11. The van der Waals surface area contributed by atoms with Gasteiger partial charge in [0.2, 0.25) is 0 Å². The smallest absolute Gasteiger partial charge is 0.305 e. The van der Waals surface area contributed by atoms with Crippen LogP contribution in [0.2, 0.25) is 0 Å². The summed E-state index contributed by atoms with van der Waals surface area (Å²) in [5, 5.41) is 0. The minimum atomic E-state index is -1.34. The van der Waals surface area contributed by atoms with Crippen LogP contribution in [0.15, 0.2) is 35.2 Å². The van der Waals surface area contributed by atoms with E-state index in [0.29, 0.717) is 17.9 Å². The Bertz CT molecular complexity index is 434. The van der Waals surface area contributed by atoms with Crippen molar-refractivity contribution in [2.75, 3.05) is 13.7 Å². The molecule has 1 aromatic rings. The number of carbonyl (C=O) groups excluding carboxylic acids is 1. The lowest BCUT2D eigenvalue weighted by atomic mass is 10.1. The molecule has 124 valence electrons. The summed E-state index contributed by atoms with van der Waals surface area (Å²) in [5.74, 6) is -0.122. The summed E-state index contributed by atoms with van der Waals surface area (Å²) in [7, 11) is 1.43. The van der Waals surface area contributed by atoms with E-state index in [1.165, 1.54) is 13.5 Å². The molecule has 1 atom stereocenters. The maximum absolute atomic E-state index is 11.8. The first-order valence-corrected chi connectivity index (χ1v) is 8.98. The Morgan fingerprint density at radius 1 is 0.955 bits per heavy atom. The van der Waals surface area contributed by atoms with Crippen molar-refractivity contribution in [1.29, 1.82) is 0 Å². The normalized spacial score (nSPS) is 12.0. The predicted octanol–water partition coefficient (Wildman–Crippen LogP) is 4.02. The van der Waals surface area contributed by atoms with Crippen molar-refractivity contribution in [2.45, 2.75) is 56.3 Å². The molecule has 0 aliphatic carbocycles. The number of ether oxygens (including phenoxy) is 1. The number of rotatable bonds is 12. The zero-order valence-electron chi connectivity index (χ0n) is 13.3. The molecule has 1 rings (SSSR count). The van der Waals surface area contributed by atoms with E-state index in [2.05, 4.69) is 4.74 Å². The predicted molar refractivity (Wildman–Crippen MR) is 87.8 cm³/mol. The van der Waals surface area contributed by atoms with Crippen LogP contribution in [-0.2, 0) is 24.8 Å². The minimum Gasteiger partial charge on any atom is -0.469 e. The number of esters is 1. The second-order valence-corrected chi connectivity index (χ2v) is 6.35. The van der Waals surface area contributed by atoms with Crippen LogP contribution in [0.25, 0.3) is 0 Å². The first-order chi connectivity index (χ1) is 10.7. The largest absolute Gasteiger partial charge is 0.469 e. The molecule has 1 unspecified atom stereocenters. The number of hydrogen-bond donors (Lipinski definition) is 0. The summed E-state index contributed by atoms with van der Waals surface area (Å²) in [5.41, 5.74) is 0. The zero-order chi connectivity index (χ0) is 16.0. The number of hydrogen-bond acceptors (Lipinski definition) is 4. The average Bonchev–Trinajstić information content (AvgIpc) is 2.56. The summed E-state index contributed by atoms with van der Waals surface area (Å²) < 4.78 is 21.7. The Balaban J connectivity index is 1.90. The fourth-order valence-corrected chi connectivity index (χ4v) is 2.88. The maximum Gasteiger partial charge on any atom is 0.305 e. The van der Waals surface area contributed by atoms with E-state index in [4.69, 9.17) is 4.18 Å². The second kappa shape index (κ2) is 12.4. The van der Waals surface area contributed by atoms with Gasteiger partial charge >= 0.3 is 5.97 Å². The summed E-state index contributed by atoms with van der Waals surface area (Å²) in [4.78, 5) is 11.6. The van der Waals surface area contributed by atoms with Crippen LogP contribution >= 0.6 is 0 Å². The van der Waals surface area contributed by atoms with Crippen molar-refractivity contribution in [1.82, 2.24) is 0 Å². The van der Waals surface area contributed by atoms with Gasteiger partial charge in [-0.25, -0.2) is 4.21 Å². The lowest BCUT2D eigenvalue weighted by Crippen LogP contribution is -2.00. The molecule has 22 heavy (non-hydrogen) atoms. The molecule has 0 amide bonds. The van der Waals surface area contributed by atoms with Gasteiger partial charge in [0.05, 0.1) is 18.6 Å². The van der Waals surface area contributed by atoms with Gasteiger partial charge in [-0.05, 0) is 25.0 Å². The fourth-order valence-electron chi connectivity index (χ4n) is 2.09. The van der Waals surface area contributed by atoms with Gasteiger partial charge in [-0.2, -0.15) is 0 Å². The number of benzene rings is 1. The highest BCUT2D eigenvalue weighted by atomic mass is 32.2. The van der Waals surface area contributed by atoms with Gasteiger partial charge in [0, 0.05) is 6.42 Å². The van der Waals surface area contributed by atoms with E-state index in [1.54, 1.807) is 0 Å². The molecule has 0 aliphatic rings.